The van der Waals surface area contributed by atoms with E-state index in [2.05, 4.69) is 20.6 Å². The molecule has 0 aliphatic carbocycles. The van der Waals surface area contributed by atoms with Gasteiger partial charge in [0.05, 0.1) is 18.4 Å². The highest BCUT2D eigenvalue weighted by molar-refractivity contribution is 5.73. The molecule has 2 heterocycles. The minimum atomic E-state index is -0.846. The van der Waals surface area contributed by atoms with E-state index in [0.717, 1.165) is 19.0 Å². The lowest BCUT2D eigenvalue weighted by Gasteiger charge is -2.19. The van der Waals surface area contributed by atoms with E-state index in [0.29, 0.717) is 31.0 Å². The third kappa shape index (κ3) is 4.62. The third-order valence-corrected chi connectivity index (χ3v) is 4.15. The summed E-state index contributed by atoms with van der Waals surface area (Å²) in [5.74, 6) is -1.43. The van der Waals surface area contributed by atoms with Crippen molar-refractivity contribution in [2.24, 2.45) is 5.92 Å². The molecule has 2 N–H and O–H groups in total. The molecule has 1 aliphatic heterocycles. The first kappa shape index (κ1) is 17.1. The maximum Gasteiger partial charge on any atom is 0.315 e. The Balaban J connectivity index is 1.42. The number of anilines is 1. The zero-order valence-electron chi connectivity index (χ0n) is 13.6. The minimum Gasteiger partial charge on any atom is -0.371 e. The number of hydrogen-bond acceptors (Lipinski definition) is 4. The number of carbonyl (C=O) groups excluding carboxylic acids is 1. The lowest BCUT2D eigenvalue weighted by Crippen LogP contribution is -2.38. The Kier molecular flexibility index (Phi) is 5.37. The van der Waals surface area contributed by atoms with Gasteiger partial charge in [0.1, 0.15) is 0 Å². The van der Waals surface area contributed by atoms with Gasteiger partial charge < -0.3 is 15.5 Å². The first-order valence-corrected chi connectivity index (χ1v) is 8.08. The molecular weight excluding hydrogens is 328 g/mol. The van der Waals surface area contributed by atoms with Crippen LogP contribution < -0.4 is 15.5 Å². The third-order valence-electron chi connectivity index (χ3n) is 4.15. The van der Waals surface area contributed by atoms with E-state index in [-0.39, 0.29) is 11.9 Å². The van der Waals surface area contributed by atoms with E-state index in [1.807, 2.05) is 4.90 Å². The van der Waals surface area contributed by atoms with Crippen LogP contribution in [0, 0.1) is 17.6 Å². The van der Waals surface area contributed by atoms with Gasteiger partial charge in [-0.2, -0.15) is 0 Å². The molecule has 0 radical (unpaired) electrons. The normalized spacial score (nSPS) is 16.7. The first-order valence-electron chi connectivity index (χ1n) is 8.08. The fourth-order valence-corrected chi connectivity index (χ4v) is 2.81. The van der Waals surface area contributed by atoms with Gasteiger partial charge in [0, 0.05) is 43.8 Å². The summed E-state index contributed by atoms with van der Waals surface area (Å²) in [6.45, 7) is 2.27. The van der Waals surface area contributed by atoms with Crippen molar-refractivity contribution >= 4 is 11.7 Å². The summed E-state index contributed by atoms with van der Waals surface area (Å²) >= 11 is 0. The van der Waals surface area contributed by atoms with Gasteiger partial charge in [-0.25, -0.2) is 13.6 Å². The fraction of sp³-hybridized carbons (Fsp3) is 0.353. The number of nitrogens with one attached hydrogen (secondary N) is 2. The van der Waals surface area contributed by atoms with Crippen LogP contribution in [0.1, 0.15) is 12.1 Å². The van der Waals surface area contributed by atoms with Crippen LogP contribution in [0.4, 0.5) is 19.3 Å². The molecule has 0 bridgehead atoms. The van der Waals surface area contributed by atoms with E-state index in [9.17, 15) is 13.6 Å². The predicted octanol–water partition coefficient (Wildman–Crippen LogP) is 2.08. The van der Waals surface area contributed by atoms with Crippen LogP contribution in [0.3, 0.4) is 0 Å². The smallest absolute Gasteiger partial charge is 0.315 e. The van der Waals surface area contributed by atoms with Crippen LogP contribution in [0.25, 0.3) is 0 Å². The summed E-state index contributed by atoms with van der Waals surface area (Å²) in [5.41, 5.74) is 1.34. The number of benzene rings is 1. The van der Waals surface area contributed by atoms with Crippen LogP contribution in [0.2, 0.25) is 0 Å². The molecule has 1 saturated heterocycles. The average molecular weight is 347 g/mol. The highest BCUT2D eigenvalue weighted by Gasteiger charge is 2.23. The molecule has 8 heteroatoms. The van der Waals surface area contributed by atoms with Gasteiger partial charge in [0.15, 0.2) is 11.6 Å². The van der Waals surface area contributed by atoms with E-state index in [1.165, 1.54) is 6.07 Å². The van der Waals surface area contributed by atoms with Crippen LogP contribution in [-0.2, 0) is 6.54 Å². The molecule has 1 aromatic carbocycles. The molecule has 0 saturated carbocycles. The molecule has 3 rings (SSSR count). The van der Waals surface area contributed by atoms with Crippen molar-refractivity contribution in [1.29, 1.82) is 0 Å². The number of urea groups is 1. The highest BCUT2D eigenvalue weighted by atomic mass is 19.2. The SMILES string of the molecule is O=C(NCc1cnccn1)NCC1CCN(c2ccc(F)c(F)c2)C1. The highest BCUT2D eigenvalue weighted by Crippen LogP contribution is 2.24. The monoisotopic (exact) mass is 347 g/mol. The van der Waals surface area contributed by atoms with Crippen LogP contribution >= 0.6 is 0 Å². The van der Waals surface area contributed by atoms with Gasteiger partial charge in [-0.1, -0.05) is 0 Å². The molecule has 0 spiro atoms. The number of rotatable bonds is 5. The Labute approximate surface area is 144 Å². The van der Waals surface area contributed by atoms with Crippen molar-refractivity contribution in [3.63, 3.8) is 0 Å². The van der Waals surface area contributed by atoms with E-state index < -0.39 is 11.6 Å². The first-order chi connectivity index (χ1) is 12.1. The zero-order valence-corrected chi connectivity index (χ0v) is 13.6. The summed E-state index contributed by atoms with van der Waals surface area (Å²) in [6.07, 6.45) is 5.61. The molecule has 1 unspecified atom stereocenters. The standard InChI is InChI=1S/C17H19F2N5O/c18-15-2-1-14(7-16(15)19)24-6-3-12(11-24)8-22-17(25)23-10-13-9-20-4-5-21-13/h1-2,4-5,7,9,12H,3,6,8,10-11H2,(H2,22,23,25). The number of aromatic nitrogens is 2. The van der Waals surface area contributed by atoms with Gasteiger partial charge in [0.25, 0.3) is 0 Å². The Morgan fingerprint density at radius 2 is 2.12 bits per heavy atom. The number of nitrogens with zero attached hydrogens (tertiary/aromatic N) is 3. The maximum atomic E-state index is 13.3. The zero-order chi connectivity index (χ0) is 17.6. The predicted molar refractivity (Wildman–Crippen MR) is 88.9 cm³/mol. The topological polar surface area (TPSA) is 70.1 Å². The van der Waals surface area contributed by atoms with Gasteiger partial charge in [-0.3, -0.25) is 9.97 Å². The Bertz CT molecular complexity index is 728. The quantitative estimate of drug-likeness (QED) is 0.869. The lowest BCUT2D eigenvalue weighted by molar-refractivity contribution is 0.238. The second kappa shape index (κ2) is 7.87. The van der Waals surface area contributed by atoms with Crippen molar-refractivity contribution in [2.45, 2.75) is 13.0 Å². The molecule has 1 aromatic heterocycles. The summed E-state index contributed by atoms with van der Waals surface area (Å²) in [7, 11) is 0. The fourth-order valence-electron chi connectivity index (χ4n) is 2.81. The van der Waals surface area contributed by atoms with Crippen molar-refractivity contribution < 1.29 is 13.6 Å². The summed E-state index contributed by atoms with van der Waals surface area (Å²) in [5, 5.41) is 5.55. The van der Waals surface area contributed by atoms with Crippen molar-refractivity contribution in [3.05, 3.63) is 54.1 Å². The summed E-state index contributed by atoms with van der Waals surface area (Å²) < 4.78 is 26.3. The minimum absolute atomic E-state index is 0.260. The lowest BCUT2D eigenvalue weighted by atomic mass is 10.1. The second-order valence-corrected chi connectivity index (χ2v) is 5.96. The van der Waals surface area contributed by atoms with Gasteiger partial charge in [-0.05, 0) is 24.5 Å². The number of carbonyl (C=O) groups is 1. The van der Waals surface area contributed by atoms with Crippen molar-refractivity contribution in [3.8, 4) is 0 Å². The summed E-state index contributed by atoms with van der Waals surface area (Å²) in [4.78, 5) is 21.8. The van der Waals surface area contributed by atoms with Gasteiger partial charge in [-0.15, -0.1) is 0 Å². The van der Waals surface area contributed by atoms with Crippen LogP contribution in [0.5, 0.6) is 0 Å². The van der Waals surface area contributed by atoms with E-state index >= 15 is 0 Å². The molecule has 2 amide bonds. The molecule has 132 valence electrons. The van der Waals surface area contributed by atoms with Crippen LogP contribution in [-0.4, -0.2) is 35.6 Å². The molecule has 2 aromatic rings. The Morgan fingerprint density at radius 3 is 2.88 bits per heavy atom. The van der Waals surface area contributed by atoms with Gasteiger partial charge >= 0.3 is 6.03 Å². The van der Waals surface area contributed by atoms with Gasteiger partial charge in [0.2, 0.25) is 0 Å². The molecular formula is C17H19F2N5O. The number of hydrogen-bond donors (Lipinski definition) is 2. The number of amides is 2. The molecule has 25 heavy (non-hydrogen) atoms. The molecule has 1 atom stereocenters. The maximum absolute atomic E-state index is 13.3. The van der Waals surface area contributed by atoms with Crippen molar-refractivity contribution in [2.75, 3.05) is 24.5 Å². The van der Waals surface area contributed by atoms with E-state index in [4.69, 9.17) is 0 Å². The Hall–Kier alpha value is -2.77. The summed E-state index contributed by atoms with van der Waals surface area (Å²) in [6, 6.07) is 3.65. The second-order valence-electron chi connectivity index (χ2n) is 5.96. The average Bonchev–Trinajstić information content (AvgIpc) is 3.10. The van der Waals surface area contributed by atoms with Crippen LogP contribution in [0.15, 0.2) is 36.8 Å². The number of halogens is 2. The molecule has 6 nitrogen and oxygen atoms in total. The molecule has 1 aliphatic rings. The van der Waals surface area contributed by atoms with E-state index in [1.54, 1.807) is 24.7 Å². The Morgan fingerprint density at radius 1 is 1.24 bits per heavy atom. The van der Waals surface area contributed by atoms with Crippen molar-refractivity contribution in [1.82, 2.24) is 20.6 Å². The largest absolute Gasteiger partial charge is 0.371 e. The molecule has 1 fully saturated rings.